The van der Waals surface area contributed by atoms with Crippen molar-refractivity contribution < 1.29 is 4.42 Å². The third kappa shape index (κ3) is 2.87. The van der Waals surface area contributed by atoms with E-state index >= 15 is 0 Å². The van der Waals surface area contributed by atoms with E-state index in [1.807, 2.05) is 36.7 Å². The van der Waals surface area contributed by atoms with Crippen molar-refractivity contribution >= 4 is 17.6 Å². The molecule has 0 spiro atoms. The van der Waals surface area contributed by atoms with E-state index in [9.17, 15) is 0 Å². The summed E-state index contributed by atoms with van der Waals surface area (Å²) in [6.45, 7) is 3.89. The van der Waals surface area contributed by atoms with Gasteiger partial charge in [0.15, 0.2) is 0 Å². The third-order valence-corrected chi connectivity index (χ3v) is 4.70. The van der Waals surface area contributed by atoms with E-state index in [1.165, 1.54) is 11.1 Å². The predicted octanol–water partition coefficient (Wildman–Crippen LogP) is 4.09. The van der Waals surface area contributed by atoms with Gasteiger partial charge in [0, 0.05) is 42.0 Å². The van der Waals surface area contributed by atoms with E-state index in [2.05, 4.69) is 33.1 Å². The lowest BCUT2D eigenvalue weighted by molar-refractivity contribution is 0.556. The summed E-state index contributed by atoms with van der Waals surface area (Å²) in [6, 6.07) is 10.1. The molecule has 1 atom stereocenters. The van der Waals surface area contributed by atoms with Crippen LogP contribution in [0, 0.1) is 6.92 Å². The molecule has 122 valence electrons. The van der Waals surface area contributed by atoms with Crippen molar-refractivity contribution in [2.45, 2.75) is 19.3 Å². The maximum absolute atomic E-state index is 6.02. The molecule has 1 fully saturated rings. The number of aromatic nitrogens is 3. The molecule has 0 N–H and O–H groups in total. The van der Waals surface area contributed by atoms with Gasteiger partial charge < -0.3 is 9.32 Å². The molecule has 1 aliphatic rings. The number of aryl methyl sites for hydroxylation is 1. The molecule has 4 rings (SSSR count). The fourth-order valence-corrected chi connectivity index (χ4v) is 3.36. The SMILES string of the molecule is Cc1ccncc1C1CCN(c2nnc(-c3cccc(Cl)c3)o2)C1. The molecular weight excluding hydrogens is 324 g/mol. The first kappa shape index (κ1) is 15.1. The Balaban J connectivity index is 1.53. The molecule has 1 unspecified atom stereocenters. The number of hydrogen-bond donors (Lipinski definition) is 0. The van der Waals surface area contributed by atoms with Crippen LogP contribution in [0.4, 0.5) is 6.01 Å². The van der Waals surface area contributed by atoms with Crippen molar-refractivity contribution in [1.29, 1.82) is 0 Å². The van der Waals surface area contributed by atoms with E-state index in [-0.39, 0.29) is 0 Å². The third-order valence-electron chi connectivity index (χ3n) is 4.46. The zero-order valence-corrected chi connectivity index (χ0v) is 14.1. The van der Waals surface area contributed by atoms with Gasteiger partial charge in [-0.1, -0.05) is 22.8 Å². The summed E-state index contributed by atoms with van der Waals surface area (Å²) in [4.78, 5) is 6.39. The maximum Gasteiger partial charge on any atom is 0.318 e. The van der Waals surface area contributed by atoms with Crippen LogP contribution in [-0.4, -0.2) is 28.3 Å². The van der Waals surface area contributed by atoms with Crippen LogP contribution >= 0.6 is 11.6 Å². The minimum absolute atomic E-state index is 0.445. The quantitative estimate of drug-likeness (QED) is 0.718. The van der Waals surface area contributed by atoms with Gasteiger partial charge in [0.25, 0.3) is 0 Å². The maximum atomic E-state index is 6.02. The van der Waals surface area contributed by atoms with Crippen molar-refractivity contribution in [2.75, 3.05) is 18.0 Å². The molecule has 1 aliphatic heterocycles. The van der Waals surface area contributed by atoms with Crippen molar-refractivity contribution in [3.8, 4) is 11.5 Å². The molecule has 6 heteroatoms. The molecule has 0 radical (unpaired) electrons. The Morgan fingerprint density at radius 1 is 1.25 bits per heavy atom. The number of anilines is 1. The first-order chi connectivity index (χ1) is 11.7. The van der Waals surface area contributed by atoms with Gasteiger partial charge in [-0.2, -0.15) is 0 Å². The molecule has 5 nitrogen and oxygen atoms in total. The summed E-state index contributed by atoms with van der Waals surface area (Å²) < 4.78 is 5.85. The topological polar surface area (TPSA) is 55.1 Å². The van der Waals surface area contributed by atoms with E-state index < -0.39 is 0 Å². The Morgan fingerprint density at radius 3 is 3.00 bits per heavy atom. The summed E-state index contributed by atoms with van der Waals surface area (Å²) >= 11 is 6.02. The van der Waals surface area contributed by atoms with Crippen LogP contribution in [0.5, 0.6) is 0 Å². The van der Waals surface area contributed by atoms with Crippen molar-refractivity contribution in [3.63, 3.8) is 0 Å². The van der Waals surface area contributed by atoms with Gasteiger partial charge in [-0.05, 0) is 48.7 Å². The van der Waals surface area contributed by atoms with Gasteiger partial charge in [-0.25, -0.2) is 0 Å². The first-order valence-electron chi connectivity index (χ1n) is 7.95. The molecule has 2 aromatic heterocycles. The smallest absolute Gasteiger partial charge is 0.318 e. The second-order valence-corrected chi connectivity index (χ2v) is 6.50. The second kappa shape index (κ2) is 6.24. The van der Waals surface area contributed by atoms with Gasteiger partial charge in [-0.3, -0.25) is 4.98 Å². The number of hydrogen-bond acceptors (Lipinski definition) is 5. The van der Waals surface area contributed by atoms with E-state index in [0.29, 0.717) is 22.8 Å². The first-order valence-corrected chi connectivity index (χ1v) is 8.33. The molecule has 0 aliphatic carbocycles. The fourth-order valence-electron chi connectivity index (χ4n) is 3.17. The highest BCUT2D eigenvalue weighted by atomic mass is 35.5. The number of halogens is 1. The lowest BCUT2D eigenvalue weighted by atomic mass is 9.96. The monoisotopic (exact) mass is 340 g/mol. The summed E-state index contributed by atoms with van der Waals surface area (Å²) in [5.41, 5.74) is 3.41. The van der Waals surface area contributed by atoms with Gasteiger partial charge in [0.2, 0.25) is 5.89 Å². The molecular formula is C18H17ClN4O. The minimum atomic E-state index is 0.445. The molecule has 1 saturated heterocycles. The number of nitrogens with zero attached hydrogens (tertiary/aromatic N) is 4. The van der Waals surface area contributed by atoms with E-state index in [4.69, 9.17) is 16.0 Å². The summed E-state index contributed by atoms with van der Waals surface area (Å²) in [7, 11) is 0. The Morgan fingerprint density at radius 2 is 2.17 bits per heavy atom. The van der Waals surface area contributed by atoms with Crippen LogP contribution in [0.3, 0.4) is 0 Å². The highest BCUT2D eigenvalue weighted by Gasteiger charge is 2.28. The second-order valence-electron chi connectivity index (χ2n) is 6.06. The molecule has 3 heterocycles. The summed E-state index contributed by atoms with van der Waals surface area (Å²) in [6.07, 6.45) is 4.86. The van der Waals surface area contributed by atoms with E-state index in [0.717, 1.165) is 25.1 Å². The lowest BCUT2D eigenvalue weighted by Gasteiger charge is -2.14. The van der Waals surface area contributed by atoms with E-state index in [1.54, 1.807) is 0 Å². The molecule has 0 saturated carbocycles. The predicted molar refractivity (Wildman–Crippen MR) is 93.3 cm³/mol. The van der Waals surface area contributed by atoms with Crippen molar-refractivity contribution in [2.24, 2.45) is 0 Å². The van der Waals surface area contributed by atoms with Crippen LogP contribution < -0.4 is 4.90 Å². The summed E-state index contributed by atoms with van der Waals surface area (Å²) in [5, 5.41) is 9.02. The Hall–Kier alpha value is -2.40. The highest BCUT2D eigenvalue weighted by Crippen LogP contribution is 2.32. The molecule has 0 bridgehead atoms. The Labute approximate surface area is 145 Å². The molecule has 3 aromatic rings. The van der Waals surface area contributed by atoms with Crippen LogP contribution in [-0.2, 0) is 0 Å². The van der Waals surface area contributed by atoms with Crippen LogP contribution in [0.2, 0.25) is 5.02 Å². The molecule has 24 heavy (non-hydrogen) atoms. The Bertz CT molecular complexity index is 863. The van der Waals surface area contributed by atoms with Gasteiger partial charge >= 0.3 is 6.01 Å². The normalized spacial score (nSPS) is 17.4. The molecule has 0 amide bonds. The van der Waals surface area contributed by atoms with Crippen LogP contribution in [0.1, 0.15) is 23.5 Å². The zero-order valence-electron chi connectivity index (χ0n) is 13.3. The van der Waals surface area contributed by atoms with Crippen LogP contribution in [0.15, 0.2) is 47.1 Å². The van der Waals surface area contributed by atoms with Gasteiger partial charge in [-0.15, -0.1) is 5.10 Å². The standard InChI is InChI=1S/C18H17ClN4O/c1-12-5-7-20-10-16(12)14-6-8-23(11-14)18-22-21-17(24-18)13-3-2-4-15(19)9-13/h2-5,7,9-10,14H,6,8,11H2,1H3. The van der Waals surface area contributed by atoms with Crippen molar-refractivity contribution in [3.05, 3.63) is 58.9 Å². The average molecular weight is 341 g/mol. The minimum Gasteiger partial charge on any atom is -0.403 e. The lowest BCUT2D eigenvalue weighted by Crippen LogP contribution is -2.19. The molecule has 1 aromatic carbocycles. The number of pyridine rings is 1. The zero-order chi connectivity index (χ0) is 16.5. The number of rotatable bonds is 3. The summed E-state index contributed by atoms with van der Waals surface area (Å²) in [5.74, 6) is 0.939. The van der Waals surface area contributed by atoms with Crippen molar-refractivity contribution in [1.82, 2.24) is 15.2 Å². The fraction of sp³-hybridized carbons (Fsp3) is 0.278. The van der Waals surface area contributed by atoms with Crippen LogP contribution in [0.25, 0.3) is 11.5 Å². The average Bonchev–Trinajstić information content (AvgIpc) is 3.25. The van der Waals surface area contributed by atoms with Gasteiger partial charge in [0.1, 0.15) is 0 Å². The number of benzene rings is 1. The largest absolute Gasteiger partial charge is 0.403 e. The Kier molecular flexibility index (Phi) is 3.94. The highest BCUT2D eigenvalue weighted by molar-refractivity contribution is 6.30. The van der Waals surface area contributed by atoms with Gasteiger partial charge in [0.05, 0.1) is 0 Å².